The number of piperidine rings is 1. The molecule has 0 N–H and O–H groups in total. The first kappa shape index (κ1) is 16.7. The van der Waals surface area contributed by atoms with Crippen molar-refractivity contribution >= 4 is 0 Å². The van der Waals surface area contributed by atoms with Crippen molar-refractivity contribution < 1.29 is 9.47 Å². The second kappa shape index (κ2) is 8.13. The van der Waals surface area contributed by atoms with Gasteiger partial charge >= 0.3 is 0 Å². The maximum atomic E-state index is 5.62. The molecule has 4 heteroatoms. The molecule has 2 fully saturated rings. The summed E-state index contributed by atoms with van der Waals surface area (Å²) in [6.45, 7) is 10.1. The molecule has 0 amide bonds. The molecule has 1 aromatic carbocycles. The molecule has 2 heterocycles. The molecule has 0 spiro atoms. The number of methoxy groups -OCH3 is 1. The van der Waals surface area contributed by atoms with Gasteiger partial charge in [-0.05, 0) is 56.5 Å². The minimum atomic E-state index is 0.393. The Morgan fingerprint density at radius 3 is 2.39 bits per heavy atom. The quantitative estimate of drug-likeness (QED) is 0.833. The summed E-state index contributed by atoms with van der Waals surface area (Å²) in [5.41, 5.74) is 1.47. The Bertz CT molecular complexity index is 469. The molecule has 0 aromatic heterocycles. The van der Waals surface area contributed by atoms with Crippen molar-refractivity contribution in [2.24, 2.45) is 0 Å². The number of morpholine rings is 1. The van der Waals surface area contributed by atoms with Crippen LogP contribution in [0.4, 0.5) is 0 Å². The summed E-state index contributed by atoms with van der Waals surface area (Å²) < 4.78 is 10.9. The van der Waals surface area contributed by atoms with Gasteiger partial charge in [0.2, 0.25) is 0 Å². The molecule has 0 aliphatic carbocycles. The van der Waals surface area contributed by atoms with Gasteiger partial charge in [0.05, 0.1) is 19.8 Å². The summed E-state index contributed by atoms with van der Waals surface area (Å²) in [6.07, 6.45) is 2.93. The first-order valence-electron chi connectivity index (χ1n) is 8.95. The fraction of sp³-hybridized carbons (Fsp3) is 0.684. The van der Waals surface area contributed by atoms with Crippen LogP contribution in [-0.4, -0.2) is 68.9 Å². The molecule has 23 heavy (non-hydrogen) atoms. The van der Waals surface area contributed by atoms with E-state index in [1.54, 1.807) is 7.11 Å². The topological polar surface area (TPSA) is 24.9 Å². The number of benzene rings is 1. The van der Waals surface area contributed by atoms with Crippen LogP contribution in [0, 0.1) is 0 Å². The van der Waals surface area contributed by atoms with E-state index in [2.05, 4.69) is 41.0 Å². The van der Waals surface area contributed by atoms with Gasteiger partial charge in [0.15, 0.2) is 0 Å². The van der Waals surface area contributed by atoms with Crippen molar-refractivity contribution in [3.05, 3.63) is 29.8 Å². The molecular formula is C19H30N2O2. The molecule has 3 rings (SSSR count). The molecule has 4 nitrogen and oxygen atoms in total. The number of hydrogen-bond donors (Lipinski definition) is 0. The van der Waals surface area contributed by atoms with Crippen molar-refractivity contribution in [1.29, 1.82) is 0 Å². The zero-order valence-electron chi connectivity index (χ0n) is 14.5. The standard InChI is InChI=1S/C19H30N2O2/c1-16-15-21(13-14-23-16)12-11-20-9-7-18(8-10-20)17-3-5-19(22-2)6-4-17/h3-6,16,18H,7-15H2,1-2H3. The number of likely N-dealkylation sites (tertiary alicyclic amines) is 1. The second-order valence-electron chi connectivity index (χ2n) is 6.87. The largest absolute Gasteiger partial charge is 0.497 e. The van der Waals surface area contributed by atoms with Crippen LogP contribution in [0.25, 0.3) is 0 Å². The predicted molar refractivity (Wildman–Crippen MR) is 93.3 cm³/mol. The van der Waals surface area contributed by atoms with E-state index in [1.807, 2.05) is 0 Å². The Morgan fingerprint density at radius 2 is 1.74 bits per heavy atom. The van der Waals surface area contributed by atoms with Gasteiger partial charge in [-0.3, -0.25) is 4.90 Å². The van der Waals surface area contributed by atoms with Crippen molar-refractivity contribution in [3.8, 4) is 5.75 Å². The van der Waals surface area contributed by atoms with Gasteiger partial charge in [0, 0.05) is 26.2 Å². The first-order valence-corrected chi connectivity index (χ1v) is 8.95. The van der Waals surface area contributed by atoms with Crippen molar-refractivity contribution in [1.82, 2.24) is 9.80 Å². The number of hydrogen-bond acceptors (Lipinski definition) is 4. The van der Waals surface area contributed by atoms with E-state index in [0.29, 0.717) is 12.0 Å². The highest BCUT2D eigenvalue weighted by Gasteiger charge is 2.22. The molecule has 0 bridgehead atoms. The van der Waals surface area contributed by atoms with Gasteiger partial charge in [-0.15, -0.1) is 0 Å². The van der Waals surface area contributed by atoms with Crippen LogP contribution >= 0.6 is 0 Å². The molecule has 1 aromatic rings. The molecule has 2 saturated heterocycles. The molecule has 128 valence electrons. The van der Waals surface area contributed by atoms with Crippen LogP contribution in [-0.2, 0) is 4.74 Å². The van der Waals surface area contributed by atoms with Crippen molar-refractivity contribution in [2.45, 2.75) is 31.8 Å². The lowest BCUT2D eigenvalue weighted by Crippen LogP contribution is -2.45. The Balaban J connectivity index is 1.41. The molecule has 1 atom stereocenters. The molecule has 2 aliphatic heterocycles. The summed E-state index contributed by atoms with van der Waals surface area (Å²) in [5, 5.41) is 0. The second-order valence-corrected chi connectivity index (χ2v) is 6.87. The van der Waals surface area contributed by atoms with Crippen molar-refractivity contribution in [2.75, 3.05) is 53.0 Å². The highest BCUT2D eigenvalue weighted by molar-refractivity contribution is 5.29. The van der Waals surface area contributed by atoms with E-state index >= 15 is 0 Å². The lowest BCUT2D eigenvalue weighted by molar-refractivity contribution is -0.0211. The van der Waals surface area contributed by atoms with Crippen LogP contribution in [0.1, 0.15) is 31.2 Å². The van der Waals surface area contributed by atoms with Crippen LogP contribution in [0.3, 0.4) is 0 Å². The summed E-state index contributed by atoms with van der Waals surface area (Å²) in [4.78, 5) is 5.17. The van der Waals surface area contributed by atoms with Gasteiger partial charge in [0.1, 0.15) is 5.75 Å². The minimum Gasteiger partial charge on any atom is -0.497 e. The van der Waals surface area contributed by atoms with E-state index in [9.17, 15) is 0 Å². The fourth-order valence-electron chi connectivity index (χ4n) is 3.74. The number of nitrogens with zero attached hydrogens (tertiary/aromatic N) is 2. The third-order valence-corrected chi connectivity index (χ3v) is 5.23. The molecule has 2 aliphatic rings. The summed E-state index contributed by atoms with van der Waals surface area (Å²) in [7, 11) is 1.72. The predicted octanol–water partition coefficient (Wildman–Crippen LogP) is 2.60. The number of rotatable bonds is 5. The zero-order valence-corrected chi connectivity index (χ0v) is 14.5. The van der Waals surface area contributed by atoms with Crippen LogP contribution < -0.4 is 4.74 Å². The van der Waals surface area contributed by atoms with Gasteiger partial charge in [-0.2, -0.15) is 0 Å². The Labute approximate surface area is 140 Å². The normalized spacial score (nSPS) is 24.7. The lowest BCUT2D eigenvalue weighted by Gasteiger charge is -2.36. The lowest BCUT2D eigenvalue weighted by atomic mass is 9.89. The number of ether oxygens (including phenoxy) is 2. The fourth-order valence-corrected chi connectivity index (χ4v) is 3.74. The maximum absolute atomic E-state index is 5.62. The Hall–Kier alpha value is -1.10. The highest BCUT2D eigenvalue weighted by Crippen LogP contribution is 2.29. The van der Waals surface area contributed by atoms with Gasteiger partial charge in [-0.1, -0.05) is 12.1 Å². The third-order valence-electron chi connectivity index (χ3n) is 5.23. The third kappa shape index (κ3) is 4.69. The van der Waals surface area contributed by atoms with Gasteiger partial charge < -0.3 is 14.4 Å². The zero-order chi connectivity index (χ0) is 16.1. The molecule has 0 radical (unpaired) electrons. The average molecular weight is 318 g/mol. The molecule has 1 unspecified atom stereocenters. The SMILES string of the molecule is COc1ccc(C2CCN(CCN3CCOC(C)C3)CC2)cc1. The van der Waals surface area contributed by atoms with E-state index < -0.39 is 0 Å². The van der Waals surface area contributed by atoms with Crippen molar-refractivity contribution in [3.63, 3.8) is 0 Å². The average Bonchev–Trinajstić information content (AvgIpc) is 2.61. The summed E-state index contributed by atoms with van der Waals surface area (Å²) in [6, 6.07) is 8.63. The minimum absolute atomic E-state index is 0.393. The van der Waals surface area contributed by atoms with Gasteiger partial charge in [0.25, 0.3) is 0 Å². The molecule has 0 saturated carbocycles. The van der Waals surface area contributed by atoms with E-state index in [4.69, 9.17) is 9.47 Å². The van der Waals surface area contributed by atoms with E-state index in [0.717, 1.165) is 25.4 Å². The first-order chi connectivity index (χ1) is 11.2. The maximum Gasteiger partial charge on any atom is 0.118 e. The summed E-state index contributed by atoms with van der Waals surface area (Å²) in [5.74, 6) is 1.66. The smallest absolute Gasteiger partial charge is 0.118 e. The monoisotopic (exact) mass is 318 g/mol. The van der Waals surface area contributed by atoms with Crippen LogP contribution in [0.15, 0.2) is 24.3 Å². The van der Waals surface area contributed by atoms with Crippen LogP contribution in [0.2, 0.25) is 0 Å². The molecular weight excluding hydrogens is 288 g/mol. The Morgan fingerprint density at radius 1 is 1.04 bits per heavy atom. The van der Waals surface area contributed by atoms with Crippen LogP contribution in [0.5, 0.6) is 5.75 Å². The van der Waals surface area contributed by atoms with Gasteiger partial charge in [-0.25, -0.2) is 0 Å². The Kier molecular flexibility index (Phi) is 5.92. The summed E-state index contributed by atoms with van der Waals surface area (Å²) >= 11 is 0. The van der Waals surface area contributed by atoms with E-state index in [-0.39, 0.29) is 0 Å². The van der Waals surface area contributed by atoms with E-state index in [1.165, 1.54) is 44.6 Å². The highest BCUT2D eigenvalue weighted by atomic mass is 16.5.